The number of hydrogen-bond acceptors (Lipinski definition) is 4. The van der Waals surface area contributed by atoms with E-state index in [1.165, 1.54) is 6.07 Å². The predicted octanol–water partition coefficient (Wildman–Crippen LogP) is 1.74. The Kier molecular flexibility index (Phi) is 4.23. The molecule has 1 aliphatic rings. The van der Waals surface area contributed by atoms with E-state index in [0.717, 1.165) is 5.69 Å². The second-order valence-electron chi connectivity index (χ2n) is 5.35. The third-order valence-electron chi connectivity index (χ3n) is 3.92. The molecule has 0 saturated carbocycles. The number of hydrogen-bond donors (Lipinski definition) is 1. The molecular weight excluding hydrogens is 294 g/mol. The first-order valence-corrected chi connectivity index (χ1v) is 7.44. The maximum atomic E-state index is 12.4. The third kappa shape index (κ3) is 3.31. The van der Waals surface area contributed by atoms with Crippen LogP contribution in [0.1, 0.15) is 20.8 Å². The number of nitrogens with zero attached hydrogens (tertiary/aromatic N) is 3. The van der Waals surface area contributed by atoms with E-state index in [9.17, 15) is 9.59 Å². The molecule has 1 fully saturated rings. The first-order valence-electron chi connectivity index (χ1n) is 7.44. The Hall–Kier alpha value is -2.89. The lowest BCUT2D eigenvalue weighted by Crippen LogP contribution is -2.48. The predicted molar refractivity (Wildman–Crippen MR) is 85.8 cm³/mol. The van der Waals surface area contributed by atoms with Gasteiger partial charge in [0.1, 0.15) is 5.69 Å². The van der Waals surface area contributed by atoms with Crippen LogP contribution in [0.3, 0.4) is 0 Å². The highest BCUT2D eigenvalue weighted by Crippen LogP contribution is 2.17. The van der Waals surface area contributed by atoms with Gasteiger partial charge in [0.15, 0.2) is 0 Å². The van der Waals surface area contributed by atoms with E-state index in [1.807, 2.05) is 35.2 Å². The number of aromatic carboxylic acids is 1. The van der Waals surface area contributed by atoms with Gasteiger partial charge in [0.25, 0.3) is 5.91 Å². The summed E-state index contributed by atoms with van der Waals surface area (Å²) in [6.07, 6.45) is 1.57. The average Bonchev–Trinajstić information content (AvgIpc) is 2.62. The molecule has 2 heterocycles. The molecule has 1 aromatic heterocycles. The van der Waals surface area contributed by atoms with Gasteiger partial charge in [-0.05, 0) is 24.3 Å². The molecule has 1 amide bonds. The minimum atomic E-state index is -1.03. The number of carbonyl (C=O) groups excluding carboxylic acids is 1. The van der Waals surface area contributed by atoms with Crippen LogP contribution in [0, 0.1) is 0 Å². The Morgan fingerprint density at radius 2 is 1.65 bits per heavy atom. The summed E-state index contributed by atoms with van der Waals surface area (Å²) in [7, 11) is 0. The molecule has 0 unspecified atom stereocenters. The minimum Gasteiger partial charge on any atom is -0.477 e. The average molecular weight is 311 g/mol. The van der Waals surface area contributed by atoms with Gasteiger partial charge in [0, 0.05) is 31.7 Å². The zero-order chi connectivity index (χ0) is 16.2. The van der Waals surface area contributed by atoms with Gasteiger partial charge >= 0.3 is 5.97 Å². The van der Waals surface area contributed by atoms with E-state index in [1.54, 1.807) is 12.3 Å². The first-order chi connectivity index (χ1) is 11.1. The lowest BCUT2D eigenvalue weighted by Gasteiger charge is -2.36. The van der Waals surface area contributed by atoms with Crippen molar-refractivity contribution in [3.05, 3.63) is 59.9 Å². The number of carboxylic acids is 1. The zero-order valence-corrected chi connectivity index (χ0v) is 12.6. The SMILES string of the molecule is O=C(O)c1ccc(N2CCN(C(=O)c3ccccc3)CC2)cn1. The van der Waals surface area contributed by atoms with Crippen LogP contribution in [-0.4, -0.2) is 53.0 Å². The van der Waals surface area contributed by atoms with Gasteiger partial charge in [0.2, 0.25) is 0 Å². The molecule has 1 N–H and O–H groups in total. The Morgan fingerprint density at radius 1 is 0.957 bits per heavy atom. The maximum absolute atomic E-state index is 12.4. The van der Waals surface area contributed by atoms with Gasteiger partial charge in [0.05, 0.1) is 11.9 Å². The van der Waals surface area contributed by atoms with Crippen LogP contribution >= 0.6 is 0 Å². The second-order valence-corrected chi connectivity index (χ2v) is 5.35. The molecule has 3 rings (SSSR count). The second kappa shape index (κ2) is 6.48. The number of rotatable bonds is 3. The molecule has 0 bridgehead atoms. The molecule has 1 aliphatic heterocycles. The summed E-state index contributed by atoms with van der Waals surface area (Å²) in [6.45, 7) is 2.67. The number of carbonyl (C=O) groups is 2. The molecule has 23 heavy (non-hydrogen) atoms. The van der Waals surface area contributed by atoms with Gasteiger partial charge in [-0.3, -0.25) is 4.79 Å². The topological polar surface area (TPSA) is 73.7 Å². The third-order valence-corrected chi connectivity index (χ3v) is 3.92. The van der Waals surface area contributed by atoms with Crippen molar-refractivity contribution in [2.24, 2.45) is 0 Å². The van der Waals surface area contributed by atoms with E-state index in [0.29, 0.717) is 31.7 Å². The molecule has 0 spiro atoms. The largest absolute Gasteiger partial charge is 0.477 e. The van der Waals surface area contributed by atoms with Crippen molar-refractivity contribution in [3.63, 3.8) is 0 Å². The highest BCUT2D eigenvalue weighted by Gasteiger charge is 2.22. The number of anilines is 1. The summed E-state index contributed by atoms with van der Waals surface area (Å²) in [5, 5.41) is 8.87. The molecule has 1 saturated heterocycles. The monoisotopic (exact) mass is 311 g/mol. The van der Waals surface area contributed by atoms with E-state index < -0.39 is 5.97 Å². The summed E-state index contributed by atoms with van der Waals surface area (Å²) in [5.41, 5.74) is 1.61. The normalized spacial score (nSPS) is 14.6. The van der Waals surface area contributed by atoms with Crippen molar-refractivity contribution in [1.82, 2.24) is 9.88 Å². The van der Waals surface area contributed by atoms with Crippen LogP contribution in [-0.2, 0) is 0 Å². The smallest absolute Gasteiger partial charge is 0.354 e. The summed E-state index contributed by atoms with van der Waals surface area (Å²) in [6, 6.07) is 12.5. The van der Waals surface area contributed by atoms with Gasteiger partial charge in [-0.1, -0.05) is 18.2 Å². The molecule has 6 heteroatoms. The van der Waals surface area contributed by atoms with Crippen molar-refractivity contribution in [2.45, 2.75) is 0 Å². The molecule has 1 aromatic carbocycles. The van der Waals surface area contributed by atoms with Gasteiger partial charge in [-0.25, -0.2) is 9.78 Å². The van der Waals surface area contributed by atoms with Crippen molar-refractivity contribution < 1.29 is 14.7 Å². The standard InChI is InChI=1S/C17H17N3O3/c21-16(13-4-2-1-3-5-13)20-10-8-19(9-11-20)14-6-7-15(17(22)23)18-12-14/h1-7,12H,8-11H2,(H,22,23). The van der Waals surface area contributed by atoms with Crippen LogP contribution in [0.5, 0.6) is 0 Å². The van der Waals surface area contributed by atoms with Crippen molar-refractivity contribution in [1.29, 1.82) is 0 Å². The molecule has 0 atom stereocenters. The van der Waals surface area contributed by atoms with E-state index >= 15 is 0 Å². The Balaban J connectivity index is 1.62. The molecule has 6 nitrogen and oxygen atoms in total. The lowest BCUT2D eigenvalue weighted by atomic mass is 10.2. The Labute approximate surface area is 134 Å². The number of piperazine rings is 1. The van der Waals surface area contributed by atoms with Gasteiger partial charge in [-0.15, -0.1) is 0 Å². The Morgan fingerprint density at radius 3 is 2.22 bits per heavy atom. The molecule has 2 aromatic rings. The highest BCUT2D eigenvalue weighted by molar-refractivity contribution is 5.94. The fourth-order valence-electron chi connectivity index (χ4n) is 2.63. The quantitative estimate of drug-likeness (QED) is 0.934. The molecular formula is C17H17N3O3. The van der Waals surface area contributed by atoms with Crippen molar-refractivity contribution in [2.75, 3.05) is 31.1 Å². The number of carboxylic acid groups (broad SMARTS) is 1. The zero-order valence-electron chi connectivity index (χ0n) is 12.6. The van der Waals surface area contributed by atoms with Gasteiger partial charge in [-0.2, -0.15) is 0 Å². The summed E-state index contributed by atoms with van der Waals surface area (Å²) in [5.74, 6) is -0.987. The highest BCUT2D eigenvalue weighted by atomic mass is 16.4. The number of benzene rings is 1. The lowest BCUT2D eigenvalue weighted by molar-refractivity contribution is 0.0688. The van der Waals surface area contributed by atoms with Crippen molar-refractivity contribution >= 4 is 17.6 Å². The molecule has 0 aliphatic carbocycles. The van der Waals surface area contributed by atoms with Crippen LogP contribution in [0.2, 0.25) is 0 Å². The number of amides is 1. The fourth-order valence-corrected chi connectivity index (χ4v) is 2.63. The minimum absolute atomic E-state index is 0.0339. The van der Waals surface area contributed by atoms with Crippen LogP contribution < -0.4 is 4.90 Å². The van der Waals surface area contributed by atoms with Crippen LogP contribution in [0.25, 0.3) is 0 Å². The van der Waals surface area contributed by atoms with E-state index in [2.05, 4.69) is 9.88 Å². The van der Waals surface area contributed by atoms with E-state index in [4.69, 9.17) is 5.11 Å². The fraction of sp³-hybridized carbons (Fsp3) is 0.235. The summed E-state index contributed by atoms with van der Waals surface area (Å²) in [4.78, 5) is 31.1. The van der Waals surface area contributed by atoms with Crippen molar-refractivity contribution in [3.8, 4) is 0 Å². The maximum Gasteiger partial charge on any atom is 0.354 e. The first kappa shape index (κ1) is 15.0. The summed E-state index contributed by atoms with van der Waals surface area (Å²) < 4.78 is 0. The number of aromatic nitrogens is 1. The van der Waals surface area contributed by atoms with Crippen LogP contribution in [0.4, 0.5) is 5.69 Å². The molecule has 0 radical (unpaired) electrons. The summed E-state index contributed by atoms with van der Waals surface area (Å²) >= 11 is 0. The van der Waals surface area contributed by atoms with Crippen LogP contribution in [0.15, 0.2) is 48.7 Å². The number of pyridine rings is 1. The Bertz CT molecular complexity index is 693. The van der Waals surface area contributed by atoms with E-state index in [-0.39, 0.29) is 11.6 Å². The molecule has 118 valence electrons. The van der Waals surface area contributed by atoms with Gasteiger partial charge < -0.3 is 14.9 Å².